The van der Waals surface area contributed by atoms with E-state index in [9.17, 15) is 0 Å². The van der Waals surface area contributed by atoms with E-state index in [0.29, 0.717) is 0 Å². The molecular weight excluding hydrogens is 238 g/mol. The van der Waals surface area contributed by atoms with Crippen molar-refractivity contribution in [3.63, 3.8) is 0 Å². The first-order valence-electron chi connectivity index (χ1n) is 8.26. The van der Waals surface area contributed by atoms with Crippen molar-refractivity contribution in [1.29, 1.82) is 0 Å². The molecule has 0 bridgehead atoms. The van der Waals surface area contributed by atoms with Crippen LogP contribution in [-0.4, -0.2) is 38.0 Å². The lowest BCUT2D eigenvalue weighted by molar-refractivity contribution is -0.152. The zero-order chi connectivity index (χ0) is 13.1. The summed E-state index contributed by atoms with van der Waals surface area (Å²) in [5.74, 6) is 1.84. The van der Waals surface area contributed by atoms with Crippen molar-refractivity contribution in [2.24, 2.45) is 11.8 Å². The second-order valence-corrected chi connectivity index (χ2v) is 6.72. The number of ether oxygens (including phenoxy) is 2. The van der Waals surface area contributed by atoms with Crippen molar-refractivity contribution in [2.75, 3.05) is 26.4 Å². The molecule has 1 aliphatic carbocycles. The Balaban J connectivity index is 1.56. The third kappa shape index (κ3) is 3.14. The van der Waals surface area contributed by atoms with E-state index in [1.807, 2.05) is 0 Å². The van der Waals surface area contributed by atoms with Gasteiger partial charge >= 0.3 is 0 Å². The van der Waals surface area contributed by atoms with Gasteiger partial charge in [-0.3, -0.25) is 0 Å². The lowest BCUT2D eigenvalue weighted by atomic mass is 9.75. The Hall–Kier alpha value is -0.120. The fourth-order valence-electron chi connectivity index (χ4n) is 4.48. The minimum Gasteiger partial charge on any atom is -0.381 e. The summed E-state index contributed by atoms with van der Waals surface area (Å²) < 4.78 is 11.7. The van der Waals surface area contributed by atoms with E-state index in [1.54, 1.807) is 0 Å². The highest BCUT2D eigenvalue weighted by atomic mass is 16.5. The van der Waals surface area contributed by atoms with E-state index in [4.69, 9.17) is 9.47 Å². The van der Waals surface area contributed by atoms with Gasteiger partial charge in [0, 0.05) is 25.9 Å². The maximum absolute atomic E-state index is 6.17. The van der Waals surface area contributed by atoms with Gasteiger partial charge in [0.05, 0.1) is 5.60 Å². The van der Waals surface area contributed by atoms with Gasteiger partial charge in [-0.2, -0.15) is 0 Å². The van der Waals surface area contributed by atoms with Gasteiger partial charge in [0.1, 0.15) is 0 Å². The van der Waals surface area contributed by atoms with E-state index in [2.05, 4.69) is 12.2 Å². The molecule has 2 aliphatic heterocycles. The third-order valence-corrected chi connectivity index (χ3v) is 5.57. The molecular formula is C16H29NO2. The van der Waals surface area contributed by atoms with Crippen LogP contribution in [0.5, 0.6) is 0 Å². The molecule has 0 aromatic heterocycles. The Morgan fingerprint density at radius 3 is 2.68 bits per heavy atom. The van der Waals surface area contributed by atoms with Crippen LogP contribution in [0.15, 0.2) is 0 Å². The molecule has 0 amide bonds. The van der Waals surface area contributed by atoms with Gasteiger partial charge in [-0.15, -0.1) is 0 Å². The second kappa shape index (κ2) is 6.11. The van der Waals surface area contributed by atoms with Crippen molar-refractivity contribution in [3.05, 3.63) is 0 Å². The normalized spacial score (nSPS) is 38.7. The molecule has 3 rings (SSSR count). The molecule has 0 aromatic carbocycles. The summed E-state index contributed by atoms with van der Waals surface area (Å²) in [5.41, 5.74) is 0.178. The molecule has 2 saturated heterocycles. The SMILES string of the molecule is CCNC1CCC(C2CCOC3(CCOCC3)C2)C1. The molecule has 0 aromatic rings. The summed E-state index contributed by atoms with van der Waals surface area (Å²) in [7, 11) is 0. The predicted molar refractivity (Wildman–Crippen MR) is 76.3 cm³/mol. The van der Waals surface area contributed by atoms with Crippen LogP contribution in [0.2, 0.25) is 0 Å². The number of hydrogen-bond acceptors (Lipinski definition) is 3. The molecule has 1 N–H and O–H groups in total. The quantitative estimate of drug-likeness (QED) is 0.853. The first kappa shape index (κ1) is 13.8. The lowest BCUT2D eigenvalue weighted by Crippen LogP contribution is -2.45. The van der Waals surface area contributed by atoms with E-state index >= 15 is 0 Å². The van der Waals surface area contributed by atoms with Crippen molar-refractivity contribution < 1.29 is 9.47 Å². The van der Waals surface area contributed by atoms with Gasteiger partial charge in [-0.25, -0.2) is 0 Å². The van der Waals surface area contributed by atoms with Crippen LogP contribution < -0.4 is 5.32 Å². The van der Waals surface area contributed by atoms with E-state index in [0.717, 1.165) is 57.1 Å². The molecule has 2 heterocycles. The summed E-state index contributed by atoms with van der Waals surface area (Å²) >= 11 is 0. The first-order valence-corrected chi connectivity index (χ1v) is 8.26. The summed E-state index contributed by atoms with van der Waals surface area (Å²) in [4.78, 5) is 0. The molecule has 0 radical (unpaired) electrons. The van der Waals surface area contributed by atoms with Crippen molar-refractivity contribution >= 4 is 0 Å². The van der Waals surface area contributed by atoms with Crippen LogP contribution in [0, 0.1) is 11.8 Å². The van der Waals surface area contributed by atoms with Crippen LogP contribution in [0.25, 0.3) is 0 Å². The molecule has 3 unspecified atom stereocenters. The topological polar surface area (TPSA) is 30.5 Å². The molecule has 3 aliphatic rings. The summed E-state index contributed by atoms with van der Waals surface area (Å²) in [6, 6.07) is 0.781. The summed E-state index contributed by atoms with van der Waals surface area (Å²) in [5, 5.41) is 3.63. The van der Waals surface area contributed by atoms with Crippen molar-refractivity contribution in [1.82, 2.24) is 5.32 Å². The average molecular weight is 267 g/mol. The average Bonchev–Trinajstić information content (AvgIpc) is 2.89. The van der Waals surface area contributed by atoms with Crippen LogP contribution in [0.3, 0.4) is 0 Å². The van der Waals surface area contributed by atoms with Gasteiger partial charge in [0.25, 0.3) is 0 Å². The molecule has 1 saturated carbocycles. The van der Waals surface area contributed by atoms with Gasteiger partial charge in [0.2, 0.25) is 0 Å². The van der Waals surface area contributed by atoms with E-state index in [-0.39, 0.29) is 5.60 Å². The molecule has 3 fully saturated rings. The zero-order valence-corrected chi connectivity index (χ0v) is 12.3. The molecule has 3 heteroatoms. The highest BCUT2D eigenvalue weighted by Crippen LogP contribution is 2.44. The maximum atomic E-state index is 6.17. The fraction of sp³-hybridized carbons (Fsp3) is 1.00. The molecule has 3 nitrogen and oxygen atoms in total. The smallest absolute Gasteiger partial charge is 0.0729 e. The molecule has 19 heavy (non-hydrogen) atoms. The van der Waals surface area contributed by atoms with Gasteiger partial charge < -0.3 is 14.8 Å². The Bertz CT molecular complexity index is 283. The Labute approximate surface area is 117 Å². The highest BCUT2D eigenvalue weighted by molar-refractivity contribution is 4.93. The van der Waals surface area contributed by atoms with Crippen LogP contribution in [0.4, 0.5) is 0 Å². The van der Waals surface area contributed by atoms with Crippen LogP contribution in [0.1, 0.15) is 51.9 Å². The number of nitrogens with one attached hydrogen (secondary N) is 1. The summed E-state index contributed by atoms with van der Waals surface area (Å²) in [6.45, 7) is 6.12. The first-order chi connectivity index (χ1) is 9.31. The largest absolute Gasteiger partial charge is 0.381 e. The lowest BCUT2D eigenvalue weighted by Gasteiger charge is -2.45. The predicted octanol–water partition coefficient (Wildman–Crippen LogP) is 2.74. The van der Waals surface area contributed by atoms with Gasteiger partial charge in [0.15, 0.2) is 0 Å². The number of rotatable bonds is 3. The maximum Gasteiger partial charge on any atom is 0.0729 e. The minimum absolute atomic E-state index is 0.178. The Kier molecular flexibility index (Phi) is 4.45. The molecule has 3 atom stereocenters. The Morgan fingerprint density at radius 1 is 1.05 bits per heavy atom. The Morgan fingerprint density at radius 2 is 1.89 bits per heavy atom. The standard InChI is InChI=1S/C16H29NO2/c1-2-17-15-4-3-13(11-15)14-5-8-19-16(12-14)6-9-18-10-7-16/h13-15,17H,2-12H2,1H3. The fourth-order valence-corrected chi connectivity index (χ4v) is 4.48. The number of hydrogen-bond donors (Lipinski definition) is 1. The van der Waals surface area contributed by atoms with Crippen molar-refractivity contribution in [3.8, 4) is 0 Å². The minimum atomic E-state index is 0.178. The van der Waals surface area contributed by atoms with Gasteiger partial charge in [-0.05, 0) is 63.3 Å². The van der Waals surface area contributed by atoms with Crippen molar-refractivity contribution in [2.45, 2.75) is 63.5 Å². The van der Waals surface area contributed by atoms with Crippen LogP contribution in [-0.2, 0) is 9.47 Å². The van der Waals surface area contributed by atoms with Gasteiger partial charge in [-0.1, -0.05) is 6.92 Å². The second-order valence-electron chi connectivity index (χ2n) is 6.72. The van der Waals surface area contributed by atoms with E-state index < -0.39 is 0 Å². The highest BCUT2D eigenvalue weighted by Gasteiger charge is 2.42. The molecule has 110 valence electrons. The third-order valence-electron chi connectivity index (χ3n) is 5.57. The monoisotopic (exact) mass is 267 g/mol. The van der Waals surface area contributed by atoms with E-state index in [1.165, 1.54) is 32.1 Å². The summed E-state index contributed by atoms with van der Waals surface area (Å²) in [6.07, 6.45) is 9.01. The van der Waals surface area contributed by atoms with Crippen LogP contribution >= 0.6 is 0 Å². The molecule has 1 spiro atoms. The zero-order valence-electron chi connectivity index (χ0n) is 12.3.